The number of piperidine rings is 1. The minimum Gasteiger partial charge on any atom is -0.445 e. The van der Waals surface area contributed by atoms with E-state index in [2.05, 4.69) is 16.0 Å². The second-order valence-electron chi connectivity index (χ2n) is 10.7. The molecule has 222 valence electrons. The van der Waals surface area contributed by atoms with Crippen LogP contribution in [0.5, 0.6) is 0 Å². The summed E-state index contributed by atoms with van der Waals surface area (Å²) in [5, 5.41) is 9.28. The van der Waals surface area contributed by atoms with E-state index in [1.807, 2.05) is 60.7 Å². The first-order valence-corrected chi connectivity index (χ1v) is 13.8. The number of amides is 4. The zero-order chi connectivity index (χ0) is 29.7. The molecule has 1 heterocycles. The van der Waals surface area contributed by atoms with Crippen molar-refractivity contribution < 1.29 is 33.5 Å². The van der Waals surface area contributed by atoms with Crippen LogP contribution in [0.2, 0.25) is 0 Å². The number of nitrogens with one attached hydrogen (secondary N) is 3. The molecule has 0 saturated carbocycles. The van der Waals surface area contributed by atoms with Crippen LogP contribution in [0, 0.1) is 0 Å². The van der Waals surface area contributed by atoms with Crippen molar-refractivity contribution in [3.05, 3.63) is 71.8 Å². The van der Waals surface area contributed by atoms with E-state index in [9.17, 15) is 19.2 Å². The smallest absolute Gasteiger partial charge is 0.408 e. The van der Waals surface area contributed by atoms with Crippen molar-refractivity contribution >= 4 is 24.0 Å². The molecule has 3 rings (SSSR count). The Morgan fingerprint density at radius 2 is 1.59 bits per heavy atom. The fraction of sp³-hybridized carbons (Fsp3) is 0.467. The van der Waals surface area contributed by atoms with Crippen LogP contribution in [0.4, 0.5) is 9.59 Å². The van der Waals surface area contributed by atoms with Crippen LogP contribution in [-0.2, 0) is 37.1 Å². The van der Waals surface area contributed by atoms with Crippen molar-refractivity contribution in [2.45, 2.75) is 77.4 Å². The highest BCUT2D eigenvalue weighted by Gasteiger charge is 2.33. The van der Waals surface area contributed by atoms with Gasteiger partial charge in [-0.05, 0) is 57.6 Å². The van der Waals surface area contributed by atoms with E-state index in [4.69, 9.17) is 14.3 Å². The summed E-state index contributed by atoms with van der Waals surface area (Å²) in [4.78, 5) is 56.5. The Kier molecular flexibility index (Phi) is 12.0. The molecular weight excluding hydrogens is 528 g/mol. The zero-order valence-electron chi connectivity index (χ0n) is 23.9. The lowest BCUT2D eigenvalue weighted by Gasteiger charge is -2.32. The first kappa shape index (κ1) is 31.4. The minimum atomic E-state index is -0.986. The molecule has 2 aromatic rings. The number of rotatable bonds is 12. The summed E-state index contributed by atoms with van der Waals surface area (Å²) in [5.74, 6) is -0.870. The van der Waals surface area contributed by atoms with Gasteiger partial charge in [0.1, 0.15) is 30.9 Å². The number of hydroxylamine groups is 2. The van der Waals surface area contributed by atoms with E-state index in [0.717, 1.165) is 11.1 Å². The SMILES string of the molecule is CC(C)(C)OC(=O)N[C@@H](CCCNC(=O)OCc1ccccc1)C(=O)N[C@H]1CCCN(OCc2ccccc2)C1=O. The van der Waals surface area contributed by atoms with Gasteiger partial charge in [0.25, 0.3) is 5.91 Å². The van der Waals surface area contributed by atoms with Crippen LogP contribution in [0.15, 0.2) is 60.7 Å². The topological polar surface area (TPSA) is 135 Å². The monoisotopic (exact) mass is 568 g/mol. The molecule has 11 heteroatoms. The van der Waals surface area contributed by atoms with Crippen molar-refractivity contribution in [2.24, 2.45) is 0 Å². The van der Waals surface area contributed by atoms with Gasteiger partial charge in [-0.1, -0.05) is 60.7 Å². The summed E-state index contributed by atoms with van der Waals surface area (Å²) >= 11 is 0. The van der Waals surface area contributed by atoms with Gasteiger partial charge in [-0.3, -0.25) is 14.4 Å². The highest BCUT2D eigenvalue weighted by Crippen LogP contribution is 2.15. The maximum atomic E-state index is 13.2. The lowest BCUT2D eigenvalue weighted by molar-refractivity contribution is -0.199. The number of carbonyl (C=O) groups is 4. The molecular formula is C30H40N4O7. The molecule has 1 saturated heterocycles. The number of nitrogens with zero attached hydrogens (tertiary/aromatic N) is 1. The van der Waals surface area contributed by atoms with E-state index in [-0.39, 0.29) is 32.1 Å². The quantitative estimate of drug-likeness (QED) is 0.331. The van der Waals surface area contributed by atoms with Crippen molar-refractivity contribution in [2.75, 3.05) is 13.1 Å². The third kappa shape index (κ3) is 11.5. The Balaban J connectivity index is 1.51. The Morgan fingerprint density at radius 3 is 2.22 bits per heavy atom. The second-order valence-corrected chi connectivity index (χ2v) is 10.7. The second kappa shape index (κ2) is 15.6. The summed E-state index contributed by atoms with van der Waals surface area (Å²) in [6.07, 6.45) is 0.307. The molecule has 4 amide bonds. The fourth-order valence-electron chi connectivity index (χ4n) is 4.10. The highest BCUT2D eigenvalue weighted by atomic mass is 16.7. The van der Waals surface area contributed by atoms with Crippen molar-refractivity contribution in [3.63, 3.8) is 0 Å². The van der Waals surface area contributed by atoms with Gasteiger partial charge in [0.05, 0.1) is 0 Å². The van der Waals surface area contributed by atoms with Gasteiger partial charge in [-0.25, -0.2) is 14.7 Å². The van der Waals surface area contributed by atoms with E-state index in [1.165, 1.54) is 5.06 Å². The Labute approximate surface area is 240 Å². The minimum absolute atomic E-state index is 0.138. The number of hydrogen-bond acceptors (Lipinski definition) is 7. The summed E-state index contributed by atoms with van der Waals surface area (Å²) < 4.78 is 10.5. The Bertz CT molecular complexity index is 1140. The number of carbonyl (C=O) groups excluding carboxylic acids is 4. The Hall–Kier alpha value is -4.12. The molecule has 0 aromatic heterocycles. The molecule has 2 aromatic carbocycles. The number of hydrogen-bond donors (Lipinski definition) is 3. The molecule has 0 aliphatic carbocycles. The van der Waals surface area contributed by atoms with Crippen LogP contribution in [0.1, 0.15) is 57.6 Å². The third-order valence-electron chi connectivity index (χ3n) is 6.10. The summed E-state index contributed by atoms with van der Waals surface area (Å²) in [5.41, 5.74) is 1.03. The first-order valence-electron chi connectivity index (χ1n) is 13.8. The molecule has 1 aliphatic rings. The van der Waals surface area contributed by atoms with Gasteiger partial charge in [-0.2, -0.15) is 0 Å². The van der Waals surface area contributed by atoms with Crippen LogP contribution in [0.25, 0.3) is 0 Å². The van der Waals surface area contributed by atoms with Crippen LogP contribution in [0.3, 0.4) is 0 Å². The lowest BCUT2D eigenvalue weighted by Crippen LogP contribution is -2.56. The summed E-state index contributed by atoms with van der Waals surface area (Å²) in [6.45, 7) is 6.17. The number of benzene rings is 2. The number of alkyl carbamates (subject to hydrolysis) is 2. The third-order valence-corrected chi connectivity index (χ3v) is 6.10. The van der Waals surface area contributed by atoms with Gasteiger partial charge in [0.15, 0.2) is 0 Å². The average Bonchev–Trinajstić information content (AvgIpc) is 2.94. The van der Waals surface area contributed by atoms with Crippen LogP contribution >= 0.6 is 0 Å². The largest absolute Gasteiger partial charge is 0.445 e. The molecule has 0 spiro atoms. The summed E-state index contributed by atoms with van der Waals surface area (Å²) in [6, 6.07) is 17.0. The standard InChI is InChI=1S/C30H40N4O7/c1-30(2,3)41-29(38)33-24(16-10-18-31-28(37)39-20-22-12-6-4-7-13-22)26(35)32-25-17-11-19-34(27(25)36)40-21-23-14-8-5-9-15-23/h4-9,12-15,24-25H,10-11,16-21H2,1-3H3,(H,31,37)(H,32,35)(H,33,38)/t24-,25-/m0/s1. The van der Waals surface area contributed by atoms with E-state index in [1.54, 1.807) is 20.8 Å². The molecule has 11 nitrogen and oxygen atoms in total. The Morgan fingerprint density at radius 1 is 0.951 bits per heavy atom. The molecule has 0 unspecified atom stereocenters. The van der Waals surface area contributed by atoms with Crippen molar-refractivity contribution in [1.29, 1.82) is 0 Å². The maximum absolute atomic E-state index is 13.2. The van der Waals surface area contributed by atoms with Crippen LogP contribution in [-0.4, -0.2) is 59.8 Å². The van der Waals surface area contributed by atoms with Crippen molar-refractivity contribution in [3.8, 4) is 0 Å². The maximum Gasteiger partial charge on any atom is 0.408 e. The predicted molar refractivity (Wildman–Crippen MR) is 151 cm³/mol. The van der Waals surface area contributed by atoms with Gasteiger partial charge in [-0.15, -0.1) is 0 Å². The average molecular weight is 569 g/mol. The molecule has 41 heavy (non-hydrogen) atoms. The molecule has 0 bridgehead atoms. The van der Waals surface area contributed by atoms with Crippen molar-refractivity contribution in [1.82, 2.24) is 21.0 Å². The van der Waals surface area contributed by atoms with Gasteiger partial charge in [0, 0.05) is 13.1 Å². The van der Waals surface area contributed by atoms with E-state index in [0.29, 0.717) is 25.8 Å². The first-order chi connectivity index (χ1) is 19.6. The number of ether oxygens (including phenoxy) is 2. The van der Waals surface area contributed by atoms with Gasteiger partial charge in [0.2, 0.25) is 5.91 Å². The zero-order valence-corrected chi connectivity index (χ0v) is 23.9. The van der Waals surface area contributed by atoms with Gasteiger partial charge >= 0.3 is 12.2 Å². The predicted octanol–water partition coefficient (Wildman–Crippen LogP) is 3.83. The normalized spacial score (nSPS) is 15.9. The van der Waals surface area contributed by atoms with Gasteiger partial charge < -0.3 is 25.4 Å². The molecule has 3 N–H and O–H groups in total. The molecule has 1 aliphatic heterocycles. The lowest BCUT2D eigenvalue weighted by atomic mass is 10.0. The van der Waals surface area contributed by atoms with Crippen LogP contribution < -0.4 is 16.0 Å². The highest BCUT2D eigenvalue weighted by molar-refractivity contribution is 5.91. The fourth-order valence-corrected chi connectivity index (χ4v) is 4.10. The summed E-state index contributed by atoms with van der Waals surface area (Å²) in [7, 11) is 0. The van der Waals surface area contributed by atoms with E-state index < -0.39 is 35.8 Å². The molecule has 1 fully saturated rings. The van der Waals surface area contributed by atoms with E-state index >= 15 is 0 Å². The molecule has 2 atom stereocenters. The molecule has 0 radical (unpaired) electrons.